The number of amides is 2. The summed E-state index contributed by atoms with van der Waals surface area (Å²) in [4.78, 5) is 26.1. The lowest BCUT2D eigenvalue weighted by molar-refractivity contribution is -0.137. The predicted molar refractivity (Wildman–Crippen MR) is 105 cm³/mol. The summed E-state index contributed by atoms with van der Waals surface area (Å²) < 4.78 is 5.75. The summed E-state index contributed by atoms with van der Waals surface area (Å²) in [6.07, 6.45) is 3.27. The number of hydrogen-bond donors (Lipinski definition) is 2. The van der Waals surface area contributed by atoms with Crippen molar-refractivity contribution in [1.29, 1.82) is 0 Å². The molecule has 0 bridgehead atoms. The van der Waals surface area contributed by atoms with Crippen LogP contribution in [0.3, 0.4) is 0 Å². The van der Waals surface area contributed by atoms with Crippen molar-refractivity contribution in [3.05, 3.63) is 29.3 Å². The largest absolute Gasteiger partial charge is 0.483 e. The Balaban J connectivity index is 0.00000338. The maximum absolute atomic E-state index is 12.6. The summed E-state index contributed by atoms with van der Waals surface area (Å²) in [6.45, 7) is 5.52. The van der Waals surface area contributed by atoms with Crippen molar-refractivity contribution in [2.75, 3.05) is 26.2 Å². The molecule has 0 radical (unpaired) electrons. The van der Waals surface area contributed by atoms with E-state index in [2.05, 4.69) is 5.32 Å². The number of rotatable bonds is 7. The van der Waals surface area contributed by atoms with Gasteiger partial charge in [-0.1, -0.05) is 12.1 Å². The number of hydrogen-bond acceptors (Lipinski definition) is 4. The second-order valence-corrected chi connectivity index (χ2v) is 6.64. The van der Waals surface area contributed by atoms with Gasteiger partial charge in [-0.25, -0.2) is 0 Å². The van der Waals surface area contributed by atoms with Crippen molar-refractivity contribution >= 4 is 24.2 Å². The smallest absolute Gasteiger partial charge is 0.260 e. The lowest BCUT2D eigenvalue weighted by atomic mass is 10.0. The van der Waals surface area contributed by atoms with Crippen LogP contribution in [0.2, 0.25) is 0 Å². The van der Waals surface area contributed by atoms with Crippen LogP contribution >= 0.6 is 12.4 Å². The van der Waals surface area contributed by atoms with E-state index in [-0.39, 0.29) is 36.9 Å². The molecule has 1 saturated heterocycles. The zero-order valence-corrected chi connectivity index (χ0v) is 16.4. The van der Waals surface area contributed by atoms with Crippen molar-refractivity contribution in [3.63, 3.8) is 0 Å². The van der Waals surface area contributed by atoms with Crippen LogP contribution in [0, 0.1) is 13.8 Å². The van der Waals surface area contributed by atoms with Gasteiger partial charge in [0, 0.05) is 32.1 Å². The third kappa shape index (κ3) is 6.50. The van der Waals surface area contributed by atoms with Gasteiger partial charge in [-0.3, -0.25) is 9.59 Å². The van der Waals surface area contributed by atoms with Crippen LogP contribution in [0.5, 0.6) is 5.75 Å². The molecule has 146 valence electrons. The fourth-order valence-corrected chi connectivity index (χ4v) is 3.08. The molecule has 1 fully saturated rings. The topological polar surface area (TPSA) is 84.7 Å². The van der Waals surface area contributed by atoms with Crippen LogP contribution in [-0.4, -0.2) is 49.0 Å². The Morgan fingerprint density at radius 1 is 1.31 bits per heavy atom. The first-order valence-electron chi connectivity index (χ1n) is 8.97. The predicted octanol–water partition coefficient (Wildman–Crippen LogP) is 1.95. The number of aryl methyl sites for hydroxylation is 2. The summed E-state index contributed by atoms with van der Waals surface area (Å²) in [5.74, 6) is 0.656. The quantitative estimate of drug-likeness (QED) is 0.753. The lowest BCUT2D eigenvalue weighted by Gasteiger charge is -2.35. The van der Waals surface area contributed by atoms with Gasteiger partial charge in [-0.2, -0.15) is 0 Å². The van der Waals surface area contributed by atoms with E-state index in [0.29, 0.717) is 26.1 Å². The Morgan fingerprint density at radius 2 is 2.08 bits per heavy atom. The third-order valence-corrected chi connectivity index (χ3v) is 4.55. The van der Waals surface area contributed by atoms with E-state index in [1.54, 1.807) is 0 Å². The molecule has 7 heteroatoms. The van der Waals surface area contributed by atoms with Gasteiger partial charge >= 0.3 is 0 Å². The Labute approximate surface area is 161 Å². The standard InChI is InChI=1S/C19H29N3O3.ClH/c1-14-6-7-15(2)17(11-14)25-13-19(24)22-10-4-3-5-16(22)12-21-18(23)8-9-20;/h6-7,11,16H,3-5,8-10,12-13,20H2,1-2H3,(H,21,23);1H. The van der Waals surface area contributed by atoms with Gasteiger partial charge in [0.2, 0.25) is 5.91 Å². The maximum atomic E-state index is 12.6. The molecule has 1 unspecified atom stereocenters. The van der Waals surface area contributed by atoms with Crippen molar-refractivity contribution in [1.82, 2.24) is 10.2 Å². The first-order valence-corrected chi connectivity index (χ1v) is 8.97. The van der Waals surface area contributed by atoms with E-state index in [1.165, 1.54) is 0 Å². The number of halogens is 1. The van der Waals surface area contributed by atoms with Crippen molar-refractivity contribution < 1.29 is 14.3 Å². The van der Waals surface area contributed by atoms with E-state index in [9.17, 15) is 9.59 Å². The van der Waals surface area contributed by atoms with Crippen LogP contribution in [0.25, 0.3) is 0 Å². The fraction of sp³-hybridized carbons (Fsp3) is 0.579. The monoisotopic (exact) mass is 383 g/mol. The Kier molecular flexibility index (Phi) is 9.44. The minimum atomic E-state index is -0.0629. The van der Waals surface area contributed by atoms with Crippen LogP contribution in [0.1, 0.15) is 36.8 Å². The minimum absolute atomic E-state index is 0. The molecule has 1 aliphatic rings. The highest BCUT2D eigenvalue weighted by molar-refractivity contribution is 5.85. The lowest BCUT2D eigenvalue weighted by Crippen LogP contribution is -2.50. The molecule has 2 rings (SSSR count). The molecule has 0 saturated carbocycles. The van der Waals surface area contributed by atoms with Crippen LogP contribution < -0.4 is 15.8 Å². The van der Waals surface area contributed by atoms with Crippen molar-refractivity contribution in [2.45, 2.75) is 45.6 Å². The molecule has 1 aromatic rings. The average Bonchev–Trinajstić information content (AvgIpc) is 2.61. The SMILES string of the molecule is Cc1ccc(C)c(OCC(=O)N2CCCCC2CNC(=O)CCN)c1.Cl. The zero-order valence-electron chi connectivity index (χ0n) is 15.6. The molecular formula is C19H30ClN3O3. The molecule has 1 aromatic carbocycles. The van der Waals surface area contributed by atoms with Crippen molar-refractivity contribution in [3.8, 4) is 5.75 Å². The molecular weight excluding hydrogens is 354 g/mol. The number of likely N-dealkylation sites (tertiary alicyclic amines) is 1. The second-order valence-electron chi connectivity index (χ2n) is 6.64. The highest BCUT2D eigenvalue weighted by atomic mass is 35.5. The van der Waals surface area contributed by atoms with Crippen molar-refractivity contribution in [2.24, 2.45) is 5.73 Å². The Hall–Kier alpha value is -1.79. The number of benzene rings is 1. The summed E-state index contributed by atoms with van der Waals surface area (Å²) in [6, 6.07) is 5.99. The molecule has 1 atom stereocenters. The summed E-state index contributed by atoms with van der Waals surface area (Å²) in [5.41, 5.74) is 7.51. The molecule has 1 aliphatic heterocycles. The number of nitrogens with zero attached hydrogens (tertiary/aromatic N) is 1. The van der Waals surface area contributed by atoms with E-state index in [1.807, 2.05) is 36.9 Å². The molecule has 3 N–H and O–H groups in total. The molecule has 0 aromatic heterocycles. The number of carbonyl (C=O) groups excluding carboxylic acids is 2. The van der Waals surface area contributed by atoms with Gasteiger partial charge in [-0.15, -0.1) is 12.4 Å². The Bertz CT molecular complexity index is 610. The maximum Gasteiger partial charge on any atom is 0.260 e. The number of carbonyl (C=O) groups is 2. The van der Waals surface area contributed by atoms with Gasteiger partial charge in [0.05, 0.1) is 0 Å². The normalized spacial score (nSPS) is 16.6. The van der Waals surface area contributed by atoms with E-state index >= 15 is 0 Å². The van der Waals surface area contributed by atoms with E-state index < -0.39 is 0 Å². The molecule has 1 heterocycles. The minimum Gasteiger partial charge on any atom is -0.483 e. The number of piperidine rings is 1. The first-order chi connectivity index (χ1) is 12.0. The highest BCUT2D eigenvalue weighted by Gasteiger charge is 2.27. The molecule has 0 aliphatic carbocycles. The molecule has 26 heavy (non-hydrogen) atoms. The van der Waals surface area contributed by atoms with Gasteiger partial charge < -0.3 is 20.7 Å². The number of nitrogens with one attached hydrogen (secondary N) is 1. The van der Waals surface area contributed by atoms with Gasteiger partial charge in [0.25, 0.3) is 5.91 Å². The third-order valence-electron chi connectivity index (χ3n) is 4.55. The van der Waals surface area contributed by atoms with Gasteiger partial charge in [-0.05, 0) is 50.3 Å². The summed E-state index contributed by atoms with van der Waals surface area (Å²) in [5, 5.41) is 2.87. The number of ether oxygens (including phenoxy) is 1. The molecule has 2 amide bonds. The highest BCUT2D eigenvalue weighted by Crippen LogP contribution is 2.20. The van der Waals surface area contributed by atoms with Crippen LogP contribution in [0.4, 0.5) is 0 Å². The molecule has 6 nitrogen and oxygen atoms in total. The second kappa shape index (κ2) is 11.0. The fourth-order valence-electron chi connectivity index (χ4n) is 3.08. The van der Waals surface area contributed by atoms with Crippen LogP contribution in [-0.2, 0) is 9.59 Å². The Morgan fingerprint density at radius 3 is 2.81 bits per heavy atom. The first kappa shape index (κ1) is 22.3. The summed E-state index contributed by atoms with van der Waals surface area (Å²) >= 11 is 0. The molecule has 0 spiro atoms. The van der Waals surface area contributed by atoms with Gasteiger partial charge in [0.1, 0.15) is 5.75 Å². The van der Waals surface area contributed by atoms with Gasteiger partial charge in [0.15, 0.2) is 6.61 Å². The van der Waals surface area contributed by atoms with E-state index in [0.717, 1.165) is 36.1 Å². The average molecular weight is 384 g/mol. The number of nitrogens with two attached hydrogens (primary N) is 1. The van der Waals surface area contributed by atoms with Crippen LogP contribution in [0.15, 0.2) is 18.2 Å². The zero-order chi connectivity index (χ0) is 18.2. The van der Waals surface area contributed by atoms with E-state index in [4.69, 9.17) is 10.5 Å². The summed E-state index contributed by atoms with van der Waals surface area (Å²) in [7, 11) is 0.